The van der Waals surface area contributed by atoms with E-state index in [1.807, 2.05) is 0 Å². The van der Waals surface area contributed by atoms with Gasteiger partial charge in [-0.15, -0.1) is 0 Å². The van der Waals surface area contributed by atoms with E-state index in [0.29, 0.717) is 0 Å². The third-order valence-electron chi connectivity index (χ3n) is 1.74. The first kappa shape index (κ1) is 12.9. The van der Waals surface area contributed by atoms with Gasteiger partial charge in [-0.1, -0.05) is 20.8 Å². The van der Waals surface area contributed by atoms with Gasteiger partial charge in [-0.3, -0.25) is 4.79 Å². The summed E-state index contributed by atoms with van der Waals surface area (Å²) in [5.74, 6) is -0.496. The molecule has 0 aromatic carbocycles. The van der Waals surface area contributed by atoms with Crippen LogP contribution in [0.5, 0.6) is 0 Å². The quantitative estimate of drug-likeness (QED) is 0.536. The zero-order valence-corrected chi connectivity index (χ0v) is 9.97. The van der Waals surface area contributed by atoms with Crippen LogP contribution in [-0.4, -0.2) is 22.7 Å². The maximum absolute atomic E-state index is 11.5. The van der Waals surface area contributed by atoms with E-state index in [9.17, 15) is 4.79 Å². The number of amidine groups is 1. The number of oxazole rings is 1. The Morgan fingerprint density at radius 2 is 2.00 bits per heavy atom. The lowest BCUT2D eigenvalue weighted by Crippen LogP contribution is -2.24. The van der Waals surface area contributed by atoms with E-state index in [-0.39, 0.29) is 23.6 Å². The fraction of sp³-hybridized carbons (Fsp3) is 0.400. The molecule has 1 rings (SSSR count). The Balaban J connectivity index is 2.85. The molecule has 0 saturated heterocycles. The van der Waals surface area contributed by atoms with Crippen LogP contribution in [0, 0.1) is 5.41 Å². The van der Waals surface area contributed by atoms with Crippen molar-refractivity contribution in [2.45, 2.75) is 20.8 Å². The van der Waals surface area contributed by atoms with Crippen molar-refractivity contribution in [1.82, 2.24) is 4.98 Å². The Morgan fingerprint density at radius 1 is 1.35 bits per heavy atom. The third kappa shape index (κ3) is 3.71. The molecule has 0 saturated carbocycles. The average molecular weight is 237 g/mol. The molecule has 0 bridgehead atoms. The smallest absolute Gasteiger partial charge is 0.262 e. The molecule has 0 spiro atoms. The number of amides is 1. The Kier molecular flexibility index (Phi) is 3.62. The van der Waals surface area contributed by atoms with Crippen LogP contribution in [0.15, 0.2) is 26.9 Å². The van der Waals surface area contributed by atoms with Gasteiger partial charge in [0.15, 0.2) is 5.84 Å². The van der Waals surface area contributed by atoms with Crippen LogP contribution < -0.4 is 11.5 Å². The van der Waals surface area contributed by atoms with Crippen molar-refractivity contribution >= 4 is 17.7 Å². The Hall–Kier alpha value is -2.18. The van der Waals surface area contributed by atoms with Crippen molar-refractivity contribution < 1.29 is 9.21 Å². The number of hydrogen-bond acceptors (Lipinski definition) is 3. The van der Waals surface area contributed by atoms with Crippen LogP contribution in [0.25, 0.3) is 0 Å². The molecule has 0 aliphatic heterocycles. The second-order valence-corrected chi connectivity index (χ2v) is 4.36. The van der Waals surface area contributed by atoms with Crippen molar-refractivity contribution in [1.29, 1.82) is 0 Å². The number of aromatic nitrogens is 1. The van der Waals surface area contributed by atoms with Gasteiger partial charge < -0.3 is 15.9 Å². The predicted octanol–water partition coefficient (Wildman–Crippen LogP) is 0.267. The first-order valence-electron chi connectivity index (χ1n) is 4.93. The van der Waals surface area contributed by atoms with Gasteiger partial charge in [0.1, 0.15) is 6.26 Å². The highest BCUT2D eigenvalue weighted by molar-refractivity contribution is 6.04. The molecule has 0 aliphatic carbocycles. The Bertz CT molecular complexity index is 454. The van der Waals surface area contributed by atoms with Crippen molar-refractivity contribution in [3.8, 4) is 0 Å². The maximum atomic E-state index is 11.5. The lowest BCUT2D eigenvalue weighted by atomic mass is 9.96. The standard InChI is InChI=1S/C10H15N5O2/c1-10(2,3)8(16)15-9(12)14-6(11)7-13-4-5-17-7/h4-5H,1-3H3,(H4,11,12,14,15,16). The largest absolute Gasteiger partial charge is 0.442 e. The minimum absolute atomic E-state index is 0.0297. The van der Waals surface area contributed by atoms with Gasteiger partial charge in [-0.2, -0.15) is 9.98 Å². The summed E-state index contributed by atoms with van der Waals surface area (Å²) >= 11 is 0. The van der Waals surface area contributed by atoms with Crippen LogP contribution >= 0.6 is 0 Å². The SMILES string of the molecule is CC(C)(C)C(=O)N=C(N)/N=C(\N)c1ncco1. The summed E-state index contributed by atoms with van der Waals surface area (Å²) in [5.41, 5.74) is 10.4. The highest BCUT2D eigenvalue weighted by Crippen LogP contribution is 2.14. The molecule has 17 heavy (non-hydrogen) atoms. The second kappa shape index (κ2) is 4.77. The minimum atomic E-state index is -0.613. The van der Waals surface area contributed by atoms with Crippen molar-refractivity contribution in [2.75, 3.05) is 0 Å². The fourth-order valence-corrected chi connectivity index (χ4v) is 0.818. The molecular weight excluding hydrogens is 222 g/mol. The van der Waals surface area contributed by atoms with Crippen molar-refractivity contribution in [3.63, 3.8) is 0 Å². The number of nitrogens with two attached hydrogens (primary N) is 2. The average Bonchev–Trinajstić information content (AvgIpc) is 2.68. The summed E-state index contributed by atoms with van der Waals surface area (Å²) in [5, 5.41) is 0. The molecule has 1 amide bonds. The second-order valence-electron chi connectivity index (χ2n) is 4.36. The predicted molar refractivity (Wildman–Crippen MR) is 63.3 cm³/mol. The molecule has 1 heterocycles. The lowest BCUT2D eigenvalue weighted by Gasteiger charge is -2.11. The Labute approximate surface area is 98.6 Å². The summed E-state index contributed by atoms with van der Waals surface area (Å²) in [6.45, 7) is 5.19. The van der Waals surface area contributed by atoms with E-state index in [0.717, 1.165) is 0 Å². The highest BCUT2D eigenvalue weighted by atomic mass is 16.3. The Morgan fingerprint density at radius 3 is 2.47 bits per heavy atom. The number of nitrogens with zero attached hydrogens (tertiary/aromatic N) is 3. The monoisotopic (exact) mass is 237 g/mol. The number of guanidine groups is 1. The van der Waals surface area contributed by atoms with E-state index in [4.69, 9.17) is 15.9 Å². The van der Waals surface area contributed by atoms with Gasteiger partial charge >= 0.3 is 0 Å². The summed E-state index contributed by atoms with van der Waals surface area (Å²) in [6.07, 6.45) is 2.77. The summed E-state index contributed by atoms with van der Waals surface area (Å²) in [7, 11) is 0. The molecular formula is C10H15N5O2. The molecule has 0 unspecified atom stereocenters. The minimum Gasteiger partial charge on any atom is -0.442 e. The van der Waals surface area contributed by atoms with E-state index in [1.165, 1.54) is 12.5 Å². The van der Waals surface area contributed by atoms with Gasteiger partial charge in [-0.05, 0) is 0 Å². The molecule has 7 heteroatoms. The van der Waals surface area contributed by atoms with Crippen LogP contribution in [0.4, 0.5) is 0 Å². The molecule has 0 radical (unpaired) electrons. The van der Waals surface area contributed by atoms with E-state index in [1.54, 1.807) is 20.8 Å². The van der Waals surface area contributed by atoms with Crippen molar-refractivity contribution in [2.24, 2.45) is 26.9 Å². The van der Waals surface area contributed by atoms with E-state index < -0.39 is 5.41 Å². The topological polar surface area (TPSA) is 120 Å². The van der Waals surface area contributed by atoms with Crippen LogP contribution in [0.2, 0.25) is 0 Å². The van der Waals surface area contributed by atoms with Crippen LogP contribution in [-0.2, 0) is 4.79 Å². The number of carbonyl (C=O) groups excluding carboxylic acids is 1. The normalized spacial score (nSPS) is 13.8. The van der Waals surface area contributed by atoms with Gasteiger partial charge in [0.05, 0.1) is 6.20 Å². The lowest BCUT2D eigenvalue weighted by molar-refractivity contribution is -0.124. The first-order chi connectivity index (χ1) is 7.80. The summed E-state index contributed by atoms with van der Waals surface area (Å²) in [4.78, 5) is 22.6. The van der Waals surface area contributed by atoms with Gasteiger partial charge in [0.2, 0.25) is 5.96 Å². The number of hydrogen-bond donors (Lipinski definition) is 2. The molecule has 4 N–H and O–H groups in total. The maximum Gasteiger partial charge on any atom is 0.262 e. The summed E-state index contributed by atoms with van der Waals surface area (Å²) in [6, 6.07) is 0. The molecule has 7 nitrogen and oxygen atoms in total. The number of carbonyl (C=O) groups is 1. The first-order valence-corrected chi connectivity index (χ1v) is 4.93. The van der Waals surface area contributed by atoms with Gasteiger partial charge in [0.25, 0.3) is 11.8 Å². The molecule has 1 aromatic heterocycles. The molecule has 0 aliphatic rings. The number of rotatable bonds is 1. The van der Waals surface area contributed by atoms with Crippen molar-refractivity contribution in [3.05, 3.63) is 18.4 Å². The zero-order chi connectivity index (χ0) is 13.1. The fourth-order valence-electron chi connectivity index (χ4n) is 0.818. The molecule has 0 fully saturated rings. The molecule has 92 valence electrons. The van der Waals surface area contributed by atoms with Gasteiger partial charge in [-0.25, -0.2) is 4.98 Å². The highest BCUT2D eigenvalue weighted by Gasteiger charge is 2.21. The summed E-state index contributed by atoms with van der Waals surface area (Å²) < 4.78 is 4.91. The zero-order valence-electron chi connectivity index (χ0n) is 9.97. The molecule has 0 atom stereocenters. The van der Waals surface area contributed by atoms with Gasteiger partial charge in [0, 0.05) is 5.41 Å². The van der Waals surface area contributed by atoms with E-state index >= 15 is 0 Å². The van der Waals surface area contributed by atoms with Crippen LogP contribution in [0.1, 0.15) is 26.7 Å². The molecule has 1 aromatic rings. The van der Waals surface area contributed by atoms with E-state index in [2.05, 4.69) is 15.0 Å². The number of aliphatic imine (C=N–C) groups is 2. The van der Waals surface area contributed by atoms with Crippen LogP contribution in [0.3, 0.4) is 0 Å². The third-order valence-corrected chi connectivity index (χ3v) is 1.74.